The summed E-state index contributed by atoms with van der Waals surface area (Å²) in [5, 5.41) is 19.7. The molecule has 84 valence electrons. The molecule has 0 bridgehead atoms. The van der Waals surface area contributed by atoms with E-state index in [9.17, 15) is 10.2 Å². The van der Waals surface area contributed by atoms with Gasteiger partial charge in [-0.15, -0.1) is 0 Å². The second-order valence-electron chi connectivity index (χ2n) is 4.08. The van der Waals surface area contributed by atoms with Gasteiger partial charge in [-0.1, -0.05) is 0 Å². The van der Waals surface area contributed by atoms with Gasteiger partial charge in [-0.2, -0.15) is 0 Å². The fraction of sp³-hybridized carbons (Fsp3) is 1.00. The molecule has 0 aromatic carbocycles. The van der Waals surface area contributed by atoms with Crippen LogP contribution in [0.1, 0.15) is 19.8 Å². The van der Waals surface area contributed by atoms with Crippen LogP contribution in [0, 0.1) is 0 Å². The van der Waals surface area contributed by atoms with E-state index in [1.165, 1.54) is 0 Å². The molecule has 0 amide bonds. The number of rotatable bonds is 3. The normalized spacial score (nSPS) is 39.0. The molecule has 4 heteroatoms. The van der Waals surface area contributed by atoms with E-state index in [-0.39, 0.29) is 12.1 Å². The molecule has 1 aliphatic carbocycles. The van der Waals surface area contributed by atoms with Crippen molar-refractivity contribution in [3.8, 4) is 0 Å². The second-order valence-corrected chi connectivity index (χ2v) is 4.08. The highest BCUT2D eigenvalue weighted by Crippen LogP contribution is 2.24. The van der Waals surface area contributed by atoms with Crippen molar-refractivity contribution in [3.63, 3.8) is 0 Å². The molecule has 0 unspecified atom stereocenters. The molecule has 1 saturated carbocycles. The minimum absolute atomic E-state index is 0.129. The number of aliphatic hydroxyl groups is 2. The first-order valence-electron chi connectivity index (χ1n) is 5.22. The molecule has 1 fully saturated rings. The van der Waals surface area contributed by atoms with Crippen LogP contribution in [-0.2, 0) is 4.74 Å². The van der Waals surface area contributed by atoms with E-state index >= 15 is 0 Å². The van der Waals surface area contributed by atoms with Crippen molar-refractivity contribution in [1.82, 2.24) is 4.90 Å². The van der Waals surface area contributed by atoms with Crippen LogP contribution < -0.4 is 0 Å². The lowest BCUT2D eigenvalue weighted by molar-refractivity contribution is -0.123. The number of hydrogen-bond donors (Lipinski definition) is 2. The van der Waals surface area contributed by atoms with E-state index < -0.39 is 12.2 Å². The van der Waals surface area contributed by atoms with Gasteiger partial charge < -0.3 is 19.8 Å². The van der Waals surface area contributed by atoms with Crippen molar-refractivity contribution >= 4 is 0 Å². The minimum Gasteiger partial charge on any atom is -0.391 e. The molecule has 0 aromatic heterocycles. The molecular formula is C10H21NO3. The Morgan fingerprint density at radius 2 is 1.93 bits per heavy atom. The molecular weight excluding hydrogens is 182 g/mol. The van der Waals surface area contributed by atoms with E-state index in [0.29, 0.717) is 13.0 Å². The molecule has 0 radical (unpaired) electrons. The average molecular weight is 203 g/mol. The summed E-state index contributed by atoms with van der Waals surface area (Å²) >= 11 is 0. The van der Waals surface area contributed by atoms with Crippen molar-refractivity contribution in [2.75, 3.05) is 20.7 Å². The summed E-state index contributed by atoms with van der Waals surface area (Å²) in [5.74, 6) is 0. The van der Waals surface area contributed by atoms with Gasteiger partial charge in [0.15, 0.2) is 0 Å². The third-order valence-corrected chi connectivity index (χ3v) is 2.85. The summed E-state index contributed by atoms with van der Waals surface area (Å²) in [6.45, 7) is 2.53. The van der Waals surface area contributed by atoms with Gasteiger partial charge >= 0.3 is 0 Å². The summed E-state index contributed by atoms with van der Waals surface area (Å²) in [4.78, 5) is 1.86. The molecule has 4 nitrogen and oxygen atoms in total. The Balaban J connectivity index is 2.62. The zero-order valence-electron chi connectivity index (χ0n) is 9.18. The summed E-state index contributed by atoms with van der Waals surface area (Å²) in [6, 6.07) is -0.208. The summed E-state index contributed by atoms with van der Waals surface area (Å²) in [7, 11) is 3.73. The fourth-order valence-corrected chi connectivity index (χ4v) is 2.17. The highest BCUT2D eigenvalue weighted by Gasteiger charge is 2.39. The Hall–Kier alpha value is -0.160. The highest BCUT2D eigenvalue weighted by atomic mass is 16.5. The molecule has 2 N–H and O–H groups in total. The average Bonchev–Trinajstić information content (AvgIpc) is 2.10. The number of hydrogen-bond acceptors (Lipinski definition) is 4. The third-order valence-electron chi connectivity index (χ3n) is 2.85. The lowest BCUT2D eigenvalue weighted by Gasteiger charge is -2.41. The molecule has 14 heavy (non-hydrogen) atoms. The molecule has 0 heterocycles. The minimum atomic E-state index is -0.589. The number of aliphatic hydroxyl groups excluding tert-OH is 2. The van der Waals surface area contributed by atoms with E-state index in [1.807, 2.05) is 25.9 Å². The Bertz CT molecular complexity index is 175. The van der Waals surface area contributed by atoms with Crippen LogP contribution in [-0.4, -0.2) is 60.2 Å². The van der Waals surface area contributed by atoms with Crippen molar-refractivity contribution in [2.24, 2.45) is 0 Å². The molecule has 0 aromatic rings. The maximum absolute atomic E-state index is 9.97. The van der Waals surface area contributed by atoms with E-state index in [1.54, 1.807) is 0 Å². The Kier molecular flexibility index (Phi) is 4.31. The van der Waals surface area contributed by atoms with Crippen LogP contribution in [0.3, 0.4) is 0 Å². The Morgan fingerprint density at radius 3 is 2.43 bits per heavy atom. The van der Waals surface area contributed by atoms with Gasteiger partial charge in [0.2, 0.25) is 0 Å². The van der Waals surface area contributed by atoms with Crippen LogP contribution >= 0.6 is 0 Å². The van der Waals surface area contributed by atoms with Gasteiger partial charge in [0, 0.05) is 6.61 Å². The van der Waals surface area contributed by atoms with Crippen LogP contribution in [0.2, 0.25) is 0 Å². The zero-order chi connectivity index (χ0) is 10.7. The van der Waals surface area contributed by atoms with Crippen LogP contribution in [0.5, 0.6) is 0 Å². The summed E-state index contributed by atoms with van der Waals surface area (Å²) < 4.78 is 5.44. The van der Waals surface area contributed by atoms with Crippen LogP contribution in [0.15, 0.2) is 0 Å². The second kappa shape index (κ2) is 5.07. The van der Waals surface area contributed by atoms with Gasteiger partial charge in [0.05, 0.1) is 24.4 Å². The predicted octanol–water partition coefficient (Wildman–Crippen LogP) is -0.163. The van der Waals surface area contributed by atoms with Crippen molar-refractivity contribution in [3.05, 3.63) is 0 Å². The Labute approximate surface area is 85.5 Å². The SMILES string of the molecule is CCO[C@@H]1CC[C@H](O)[C@@H](N(C)C)[C@H]1O. The smallest absolute Gasteiger partial charge is 0.0981 e. The maximum Gasteiger partial charge on any atom is 0.0981 e. The summed E-state index contributed by atoms with van der Waals surface area (Å²) in [5.41, 5.74) is 0. The van der Waals surface area contributed by atoms with E-state index in [2.05, 4.69) is 0 Å². The third kappa shape index (κ3) is 2.45. The van der Waals surface area contributed by atoms with Crippen LogP contribution in [0.4, 0.5) is 0 Å². The first kappa shape index (κ1) is 11.9. The Morgan fingerprint density at radius 1 is 1.29 bits per heavy atom. The van der Waals surface area contributed by atoms with E-state index in [0.717, 1.165) is 6.42 Å². The van der Waals surface area contributed by atoms with Gasteiger partial charge in [-0.3, -0.25) is 0 Å². The number of ether oxygens (including phenoxy) is 1. The summed E-state index contributed by atoms with van der Waals surface area (Å²) in [6.07, 6.45) is 0.270. The standard InChI is InChI=1S/C10H21NO3/c1-4-14-8-6-5-7(12)9(10(8)13)11(2)3/h7-10,12-13H,4-6H2,1-3H3/t7-,8+,9+,10-/m0/s1. The first-order valence-corrected chi connectivity index (χ1v) is 5.22. The zero-order valence-corrected chi connectivity index (χ0v) is 9.18. The largest absolute Gasteiger partial charge is 0.391 e. The van der Waals surface area contributed by atoms with Gasteiger partial charge in [-0.25, -0.2) is 0 Å². The van der Waals surface area contributed by atoms with Gasteiger partial charge in [-0.05, 0) is 33.9 Å². The van der Waals surface area contributed by atoms with Crippen molar-refractivity contribution < 1.29 is 14.9 Å². The van der Waals surface area contributed by atoms with Crippen molar-refractivity contribution in [2.45, 2.75) is 44.1 Å². The highest BCUT2D eigenvalue weighted by molar-refractivity contribution is 4.92. The first-order chi connectivity index (χ1) is 6.57. The topological polar surface area (TPSA) is 52.9 Å². The lowest BCUT2D eigenvalue weighted by atomic mass is 9.87. The van der Waals surface area contributed by atoms with Gasteiger partial charge in [0.25, 0.3) is 0 Å². The molecule has 0 spiro atoms. The molecule has 4 atom stereocenters. The van der Waals surface area contributed by atoms with Crippen LogP contribution in [0.25, 0.3) is 0 Å². The fourth-order valence-electron chi connectivity index (χ4n) is 2.17. The van der Waals surface area contributed by atoms with Gasteiger partial charge in [0.1, 0.15) is 0 Å². The van der Waals surface area contributed by atoms with Crippen molar-refractivity contribution in [1.29, 1.82) is 0 Å². The number of nitrogens with zero attached hydrogens (tertiary/aromatic N) is 1. The molecule has 0 aliphatic heterocycles. The predicted molar refractivity (Wildman–Crippen MR) is 54.1 cm³/mol. The maximum atomic E-state index is 9.97. The lowest BCUT2D eigenvalue weighted by Crippen LogP contribution is -2.56. The molecule has 1 rings (SSSR count). The number of likely N-dealkylation sites (N-methyl/N-ethyl adjacent to an activating group) is 1. The quantitative estimate of drug-likeness (QED) is 0.669. The molecule has 0 saturated heterocycles. The van der Waals surface area contributed by atoms with E-state index in [4.69, 9.17) is 4.74 Å². The monoisotopic (exact) mass is 203 g/mol. The molecule has 1 aliphatic rings.